The largest absolute Gasteiger partial charge is 0.477 e. The normalized spacial score (nSPS) is 16.4. The lowest BCUT2D eigenvalue weighted by Gasteiger charge is -2.09. The van der Waals surface area contributed by atoms with Crippen molar-refractivity contribution in [3.8, 4) is 0 Å². The van der Waals surface area contributed by atoms with Gasteiger partial charge < -0.3 is 25.0 Å². The van der Waals surface area contributed by atoms with Crippen LogP contribution in [-0.2, 0) is 11.2 Å². The monoisotopic (exact) mass is 347 g/mol. The number of cyclic esters (lactones) is 1. The molecule has 3 N–H and O–H groups in total. The predicted molar refractivity (Wildman–Crippen MR) is 96.2 cm³/mol. The number of nitrogens with one attached hydrogen (secondary N) is 2. The van der Waals surface area contributed by atoms with Gasteiger partial charge in [-0.25, -0.2) is 9.59 Å². The van der Waals surface area contributed by atoms with E-state index in [0.717, 1.165) is 35.0 Å². The van der Waals surface area contributed by atoms with E-state index in [1.807, 2.05) is 46.1 Å². The number of aromatic amines is 1. The van der Waals surface area contributed by atoms with Crippen LogP contribution in [0.2, 0.25) is 0 Å². The van der Waals surface area contributed by atoms with E-state index in [1.54, 1.807) is 0 Å². The summed E-state index contributed by atoms with van der Waals surface area (Å²) in [7, 11) is 3.97. The fourth-order valence-electron chi connectivity index (χ4n) is 2.62. The number of likely N-dealkylation sites (N-methyl/N-ethyl adjacent to an activating group) is 1. The highest BCUT2D eigenvalue weighted by atomic mass is 16.6. The van der Waals surface area contributed by atoms with Gasteiger partial charge >= 0.3 is 12.1 Å². The van der Waals surface area contributed by atoms with Crippen LogP contribution in [0.15, 0.2) is 18.2 Å². The van der Waals surface area contributed by atoms with Gasteiger partial charge in [-0.3, -0.25) is 0 Å². The van der Waals surface area contributed by atoms with E-state index in [-0.39, 0.29) is 12.1 Å². The molecule has 1 saturated heterocycles. The molecule has 0 bridgehead atoms. The number of carbonyl (C=O) groups is 2. The molecular formula is C18H25N3O4. The number of carboxylic acids is 1. The Morgan fingerprint density at radius 1 is 1.40 bits per heavy atom. The second kappa shape index (κ2) is 8.02. The molecule has 1 atom stereocenters. The molecule has 0 spiro atoms. The maximum Gasteiger partial charge on any atom is 0.407 e. The van der Waals surface area contributed by atoms with Gasteiger partial charge in [0, 0.05) is 17.4 Å². The van der Waals surface area contributed by atoms with E-state index < -0.39 is 5.97 Å². The molecule has 1 unspecified atom stereocenters. The molecule has 7 heteroatoms. The molecule has 0 aliphatic carbocycles. The zero-order valence-corrected chi connectivity index (χ0v) is 15.0. The first-order valence-electron chi connectivity index (χ1n) is 8.20. The van der Waals surface area contributed by atoms with Crippen LogP contribution in [0, 0.1) is 6.92 Å². The lowest BCUT2D eigenvalue weighted by atomic mass is 10.1. The van der Waals surface area contributed by atoms with Crippen LogP contribution in [0.5, 0.6) is 0 Å². The van der Waals surface area contributed by atoms with Gasteiger partial charge in [-0.05, 0) is 52.1 Å². The Morgan fingerprint density at radius 2 is 2.12 bits per heavy atom. The third-order valence-electron chi connectivity index (χ3n) is 3.91. The second-order valence-electron chi connectivity index (χ2n) is 6.53. The SMILES string of the molecule is CC1COC(=O)N1.Cc1ccc2[nH]c(C(=O)O)c(CCN(C)C)c2c1. The summed E-state index contributed by atoms with van der Waals surface area (Å²) in [5.74, 6) is -0.891. The van der Waals surface area contributed by atoms with Crippen molar-refractivity contribution in [3.05, 3.63) is 35.0 Å². The summed E-state index contributed by atoms with van der Waals surface area (Å²) in [4.78, 5) is 26.4. The fraction of sp³-hybridized carbons (Fsp3) is 0.444. The molecule has 2 heterocycles. The number of aromatic nitrogens is 1. The van der Waals surface area contributed by atoms with Gasteiger partial charge in [-0.2, -0.15) is 0 Å². The minimum atomic E-state index is -0.891. The van der Waals surface area contributed by atoms with E-state index in [0.29, 0.717) is 12.3 Å². The van der Waals surface area contributed by atoms with E-state index in [9.17, 15) is 14.7 Å². The number of carboxylic acid groups (broad SMARTS) is 1. The van der Waals surface area contributed by atoms with Crippen molar-refractivity contribution in [1.29, 1.82) is 0 Å². The van der Waals surface area contributed by atoms with Crippen molar-refractivity contribution in [2.24, 2.45) is 0 Å². The number of rotatable bonds is 4. The molecule has 7 nitrogen and oxygen atoms in total. The third kappa shape index (κ3) is 4.96. The van der Waals surface area contributed by atoms with E-state index in [2.05, 4.69) is 19.9 Å². The fourth-order valence-corrected chi connectivity index (χ4v) is 2.62. The number of amides is 1. The second-order valence-corrected chi connectivity index (χ2v) is 6.53. The average Bonchev–Trinajstić information content (AvgIpc) is 3.08. The smallest absolute Gasteiger partial charge is 0.407 e. The summed E-state index contributed by atoms with van der Waals surface area (Å²) in [6.07, 6.45) is 0.436. The average molecular weight is 347 g/mol. The maximum absolute atomic E-state index is 11.3. The number of alkyl carbamates (subject to hydrolysis) is 1. The Morgan fingerprint density at radius 3 is 2.60 bits per heavy atom. The third-order valence-corrected chi connectivity index (χ3v) is 3.91. The Bertz CT molecular complexity index is 767. The van der Waals surface area contributed by atoms with Crippen LogP contribution in [0.3, 0.4) is 0 Å². The molecule has 1 aliphatic heterocycles. The number of aryl methyl sites for hydroxylation is 1. The summed E-state index contributed by atoms with van der Waals surface area (Å²) in [6, 6.07) is 6.17. The lowest BCUT2D eigenvalue weighted by Crippen LogP contribution is -2.21. The lowest BCUT2D eigenvalue weighted by molar-refractivity contribution is 0.0690. The maximum atomic E-state index is 11.3. The summed E-state index contributed by atoms with van der Waals surface area (Å²) in [5.41, 5.74) is 3.25. The molecule has 1 fully saturated rings. The van der Waals surface area contributed by atoms with Gasteiger partial charge in [0.2, 0.25) is 0 Å². The number of aromatic carboxylic acids is 1. The van der Waals surface area contributed by atoms with Gasteiger partial charge in [0.05, 0.1) is 6.04 Å². The molecule has 3 rings (SSSR count). The van der Waals surface area contributed by atoms with Gasteiger partial charge in [0.1, 0.15) is 12.3 Å². The molecule has 1 amide bonds. The van der Waals surface area contributed by atoms with Gasteiger partial charge in [0.15, 0.2) is 0 Å². The summed E-state index contributed by atoms with van der Waals surface area (Å²) in [5, 5.41) is 12.8. The summed E-state index contributed by atoms with van der Waals surface area (Å²) >= 11 is 0. The molecule has 1 aromatic heterocycles. The quantitative estimate of drug-likeness (QED) is 0.789. The van der Waals surface area contributed by atoms with Crippen LogP contribution in [0.1, 0.15) is 28.5 Å². The van der Waals surface area contributed by atoms with Crippen molar-refractivity contribution in [3.63, 3.8) is 0 Å². The Balaban J connectivity index is 0.000000269. The van der Waals surface area contributed by atoms with Crippen molar-refractivity contribution in [1.82, 2.24) is 15.2 Å². The van der Waals surface area contributed by atoms with Crippen LogP contribution >= 0.6 is 0 Å². The number of hydrogen-bond acceptors (Lipinski definition) is 4. The standard InChI is InChI=1S/C14H18N2O2.C4H7NO2/c1-9-4-5-12-11(8-9)10(6-7-16(2)3)13(15-12)14(17)18;1-3-2-7-4(6)5-3/h4-5,8,15H,6-7H2,1-3H3,(H,17,18);3H,2H2,1H3,(H,5,6). The van der Waals surface area contributed by atoms with Crippen molar-refractivity contribution >= 4 is 23.0 Å². The predicted octanol–water partition coefficient (Wildman–Crippen LogP) is 2.39. The topological polar surface area (TPSA) is 94.7 Å². The minimum absolute atomic E-state index is 0.201. The molecule has 0 radical (unpaired) electrons. The first kappa shape index (κ1) is 18.8. The first-order valence-corrected chi connectivity index (χ1v) is 8.20. The zero-order chi connectivity index (χ0) is 18.6. The highest BCUT2D eigenvalue weighted by Gasteiger charge is 2.17. The van der Waals surface area contributed by atoms with Crippen molar-refractivity contribution in [2.45, 2.75) is 26.3 Å². The van der Waals surface area contributed by atoms with E-state index in [1.165, 1.54) is 0 Å². The molecule has 25 heavy (non-hydrogen) atoms. The van der Waals surface area contributed by atoms with Crippen molar-refractivity contribution in [2.75, 3.05) is 27.2 Å². The van der Waals surface area contributed by atoms with Crippen LogP contribution < -0.4 is 5.32 Å². The number of benzene rings is 1. The summed E-state index contributed by atoms with van der Waals surface area (Å²) in [6.45, 7) is 5.26. The Labute approximate surface area is 147 Å². The number of hydrogen-bond donors (Lipinski definition) is 3. The van der Waals surface area contributed by atoms with Gasteiger partial charge in [0.25, 0.3) is 0 Å². The Hall–Kier alpha value is -2.54. The molecular weight excluding hydrogens is 322 g/mol. The van der Waals surface area contributed by atoms with Crippen LogP contribution in [-0.4, -0.2) is 60.3 Å². The molecule has 0 saturated carbocycles. The van der Waals surface area contributed by atoms with Crippen LogP contribution in [0.4, 0.5) is 4.79 Å². The number of carbonyl (C=O) groups excluding carboxylic acids is 1. The summed E-state index contributed by atoms with van der Waals surface area (Å²) < 4.78 is 4.52. The van der Waals surface area contributed by atoms with E-state index >= 15 is 0 Å². The molecule has 136 valence electrons. The number of fused-ring (bicyclic) bond motifs is 1. The first-order chi connectivity index (χ1) is 11.8. The van der Waals surface area contributed by atoms with Gasteiger partial charge in [-0.1, -0.05) is 11.6 Å². The number of ether oxygens (including phenoxy) is 1. The van der Waals surface area contributed by atoms with Gasteiger partial charge in [-0.15, -0.1) is 0 Å². The van der Waals surface area contributed by atoms with E-state index in [4.69, 9.17) is 0 Å². The highest BCUT2D eigenvalue weighted by molar-refractivity contribution is 5.97. The zero-order valence-electron chi connectivity index (χ0n) is 15.0. The Kier molecular flexibility index (Phi) is 6.03. The van der Waals surface area contributed by atoms with Crippen LogP contribution in [0.25, 0.3) is 10.9 Å². The minimum Gasteiger partial charge on any atom is -0.477 e. The number of H-pyrrole nitrogens is 1. The van der Waals surface area contributed by atoms with Crippen molar-refractivity contribution < 1.29 is 19.4 Å². The molecule has 1 aromatic carbocycles. The number of nitrogens with zero attached hydrogens (tertiary/aromatic N) is 1. The molecule has 1 aliphatic rings. The molecule has 2 aromatic rings. The highest BCUT2D eigenvalue weighted by Crippen LogP contribution is 2.24.